The fourth-order valence-corrected chi connectivity index (χ4v) is 2.22. The van der Waals surface area contributed by atoms with Crippen LogP contribution < -0.4 is 5.73 Å². The lowest BCUT2D eigenvalue weighted by Crippen LogP contribution is -2.41. The van der Waals surface area contributed by atoms with Gasteiger partial charge in [0.1, 0.15) is 0 Å². The van der Waals surface area contributed by atoms with Crippen LogP contribution in [0.3, 0.4) is 0 Å². The van der Waals surface area contributed by atoms with Crippen molar-refractivity contribution < 1.29 is 0 Å². The Morgan fingerprint density at radius 2 is 2.38 bits per heavy atom. The molecule has 1 aliphatic carbocycles. The maximum absolute atomic E-state index is 5.73. The number of likely N-dealkylation sites (N-methyl/N-ethyl adjacent to an activating group) is 1. The fraction of sp³-hybridized carbons (Fsp3) is 0.700. The molecule has 2 aliphatic rings. The van der Waals surface area contributed by atoms with E-state index in [9.17, 15) is 0 Å². The summed E-state index contributed by atoms with van der Waals surface area (Å²) >= 11 is 0. The van der Waals surface area contributed by atoms with Crippen LogP contribution in [-0.2, 0) is 0 Å². The Morgan fingerprint density at radius 3 is 2.92 bits per heavy atom. The van der Waals surface area contributed by atoms with Crippen molar-refractivity contribution >= 4 is 5.96 Å². The molecule has 0 spiro atoms. The van der Waals surface area contributed by atoms with Crippen LogP contribution in [0.4, 0.5) is 0 Å². The van der Waals surface area contributed by atoms with Gasteiger partial charge in [-0.3, -0.25) is 4.99 Å². The van der Waals surface area contributed by atoms with E-state index in [2.05, 4.69) is 29.1 Å². The molecule has 0 saturated carbocycles. The van der Waals surface area contributed by atoms with Crippen LogP contribution in [0.25, 0.3) is 0 Å². The molecule has 1 heterocycles. The first kappa shape index (κ1) is 8.60. The number of guanidine groups is 1. The molecule has 2 N–H and O–H groups in total. The van der Waals surface area contributed by atoms with Crippen LogP contribution in [0.1, 0.15) is 19.3 Å². The maximum atomic E-state index is 5.73. The van der Waals surface area contributed by atoms with Crippen molar-refractivity contribution in [3.8, 4) is 0 Å². The molecule has 0 aromatic carbocycles. The largest absolute Gasteiger partial charge is 0.370 e. The van der Waals surface area contributed by atoms with Gasteiger partial charge in [0.25, 0.3) is 0 Å². The Balaban J connectivity index is 1.99. The second-order valence-corrected chi connectivity index (χ2v) is 3.92. The molecule has 2 unspecified atom stereocenters. The van der Waals surface area contributed by atoms with Crippen molar-refractivity contribution in [3.05, 3.63) is 12.2 Å². The Hall–Kier alpha value is -0.990. The van der Waals surface area contributed by atoms with Gasteiger partial charge in [-0.2, -0.15) is 0 Å². The fourth-order valence-electron chi connectivity index (χ4n) is 2.22. The topological polar surface area (TPSA) is 41.6 Å². The van der Waals surface area contributed by atoms with Crippen molar-refractivity contribution in [1.82, 2.24) is 4.90 Å². The lowest BCUT2D eigenvalue weighted by molar-refractivity contribution is 0.267. The smallest absolute Gasteiger partial charge is 0.191 e. The second-order valence-electron chi connectivity index (χ2n) is 3.92. The van der Waals surface area contributed by atoms with Gasteiger partial charge in [0.05, 0.1) is 12.6 Å². The van der Waals surface area contributed by atoms with Gasteiger partial charge >= 0.3 is 0 Å². The molecule has 2 rings (SSSR count). The lowest BCUT2D eigenvalue weighted by atomic mass is 9.87. The molecule has 1 aliphatic heterocycles. The molecule has 0 amide bonds. The predicted octanol–water partition coefficient (Wildman–Crippen LogP) is 0.971. The Kier molecular flexibility index (Phi) is 2.25. The summed E-state index contributed by atoms with van der Waals surface area (Å²) in [5.74, 6) is 1.46. The summed E-state index contributed by atoms with van der Waals surface area (Å²) in [5, 5.41) is 0. The van der Waals surface area contributed by atoms with E-state index >= 15 is 0 Å². The highest BCUT2D eigenvalue weighted by Gasteiger charge is 2.29. The molecular formula is C10H17N3. The molecule has 72 valence electrons. The van der Waals surface area contributed by atoms with Crippen molar-refractivity contribution in [2.75, 3.05) is 13.6 Å². The van der Waals surface area contributed by atoms with Gasteiger partial charge in [-0.15, -0.1) is 0 Å². The van der Waals surface area contributed by atoms with Crippen molar-refractivity contribution in [2.24, 2.45) is 16.6 Å². The third kappa shape index (κ3) is 1.55. The molecule has 13 heavy (non-hydrogen) atoms. The zero-order chi connectivity index (χ0) is 9.26. The van der Waals surface area contributed by atoms with Crippen LogP contribution >= 0.6 is 0 Å². The van der Waals surface area contributed by atoms with Gasteiger partial charge in [-0.05, 0) is 25.2 Å². The van der Waals surface area contributed by atoms with E-state index in [0.717, 1.165) is 12.5 Å². The van der Waals surface area contributed by atoms with Gasteiger partial charge < -0.3 is 10.6 Å². The zero-order valence-electron chi connectivity index (χ0n) is 8.11. The van der Waals surface area contributed by atoms with Crippen LogP contribution in [0.5, 0.6) is 0 Å². The summed E-state index contributed by atoms with van der Waals surface area (Å²) in [6.07, 6.45) is 8.26. The molecule has 0 fully saturated rings. The average Bonchev–Trinajstić information content (AvgIpc) is 2.49. The lowest BCUT2D eigenvalue weighted by Gasteiger charge is -2.30. The molecule has 3 heteroatoms. The first-order valence-corrected chi connectivity index (χ1v) is 4.97. The third-order valence-corrected chi connectivity index (χ3v) is 3.15. The molecule has 0 aromatic heterocycles. The van der Waals surface area contributed by atoms with E-state index in [4.69, 9.17) is 5.73 Å². The molecule has 0 bridgehead atoms. The first-order valence-electron chi connectivity index (χ1n) is 4.97. The van der Waals surface area contributed by atoms with Gasteiger partial charge in [-0.1, -0.05) is 12.2 Å². The Bertz CT molecular complexity index is 245. The summed E-state index contributed by atoms with van der Waals surface area (Å²) in [6.45, 7) is 0.890. The van der Waals surface area contributed by atoms with E-state index in [1.807, 2.05) is 0 Å². The minimum atomic E-state index is 0.546. The minimum absolute atomic E-state index is 0.546. The average molecular weight is 179 g/mol. The van der Waals surface area contributed by atoms with Crippen molar-refractivity contribution in [3.63, 3.8) is 0 Å². The number of hydrogen-bond donors (Lipinski definition) is 1. The van der Waals surface area contributed by atoms with E-state index in [1.54, 1.807) is 0 Å². The molecule has 0 saturated heterocycles. The van der Waals surface area contributed by atoms with E-state index in [0.29, 0.717) is 12.0 Å². The van der Waals surface area contributed by atoms with E-state index < -0.39 is 0 Å². The normalized spacial score (nSPS) is 33.6. The summed E-state index contributed by atoms with van der Waals surface area (Å²) in [4.78, 5) is 6.40. The predicted molar refractivity (Wildman–Crippen MR) is 54.5 cm³/mol. The van der Waals surface area contributed by atoms with Crippen LogP contribution in [0, 0.1) is 5.92 Å². The number of allylic oxidation sites excluding steroid dienone is 2. The summed E-state index contributed by atoms with van der Waals surface area (Å²) < 4.78 is 0. The highest BCUT2D eigenvalue weighted by atomic mass is 15.3. The molecule has 3 nitrogen and oxygen atoms in total. The third-order valence-electron chi connectivity index (χ3n) is 3.15. The number of nitrogens with zero attached hydrogens (tertiary/aromatic N) is 2. The molecular weight excluding hydrogens is 162 g/mol. The van der Waals surface area contributed by atoms with Crippen LogP contribution in [0.15, 0.2) is 17.1 Å². The van der Waals surface area contributed by atoms with E-state index in [1.165, 1.54) is 19.3 Å². The van der Waals surface area contributed by atoms with E-state index in [-0.39, 0.29) is 0 Å². The van der Waals surface area contributed by atoms with Gasteiger partial charge in [0.2, 0.25) is 0 Å². The molecule has 0 radical (unpaired) electrons. The van der Waals surface area contributed by atoms with Crippen molar-refractivity contribution in [2.45, 2.75) is 25.3 Å². The van der Waals surface area contributed by atoms with Gasteiger partial charge in [-0.25, -0.2) is 0 Å². The summed E-state index contributed by atoms with van der Waals surface area (Å²) in [5.41, 5.74) is 5.73. The molecule has 2 atom stereocenters. The Labute approximate surface area is 79.3 Å². The minimum Gasteiger partial charge on any atom is -0.370 e. The maximum Gasteiger partial charge on any atom is 0.191 e. The first-order chi connectivity index (χ1) is 6.29. The highest BCUT2D eigenvalue weighted by Crippen LogP contribution is 2.26. The number of rotatable bonds is 1. The summed E-state index contributed by atoms with van der Waals surface area (Å²) in [7, 11) is 2.05. The van der Waals surface area contributed by atoms with Crippen molar-refractivity contribution in [1.29, 1.82) is 0 Å². The van der Waals surface area contributed by atoms with Gasteiger partial charge in [0.15, 0.2) is 5.96 Å². The van der Waals surface area contributed by atoms with Crippen LogP contribution in [-0.4, -0.2) is 30.5 Å². The standard InChI is InChI=1S/C10H17N3/c1-13-9(7-12-10(13)11)8-5-3-2-4-6-8/h2-3,8-9H,4-7H2,1H3,(H2,11,12). The summed E-state index contributed by atoms with van der Waals surface area (Å²) in [6, 6.07) is 0.546. The SMILES string of the molecule is CN1C(N)=NCC1C1CC=CCC1. The van der Waals surface area contributed by atoms with Crippen LogP contribution in [0.2, 0.25) is 0 Å². The zero-order valence-corrected chi connectivity index (χ0v) is 8.11. The van der Waals surface area contributed by atoms with Gasteiger partial charge in [0, 0.05) is 7.05 Å². The second kappa shape index (κ2) is 3.40. The number of aliphatic imine (C=N–C) groups is 1. The molecule has 0 aromatic rings. The number of hydrogen-bond acceptors (Lipinski definition) is 3. The quantitative estimate of drug-likeness (QED) is 0.609. The Morgan fingerprint density at radius 1 is 1.54 bits per heavy atom. The number of nitrogens with two attached hydrogens (primary N) is 1. The highest BCUT2D eigenvalue weighted by molar-refractivity contribution is 5.79. The monoisotopic (exact) mass is 179 g/mol.